The summed E-state index contributed by atoms with van der Waals surface area (Å²) in [7, 11) is 0. The van der Waals surface area contributed by atoms with Crippen molar-refractivity contribution >= 4 is 23.8 Å². The number of ether oxygens (including phenoxy) is 4. The highest BCUT2D eigenvalue weighted by molar-refractivity contribution is 5.70. The second-order valence-electron chi connectivity index (χ2n) is 15.2. The predicted octanol–water partition coefficient (Wildman–Crippen LogP) is 10.2. The molecule has 0 saturated heterocycles. The average molecular weight is 710 g/mol. The second kappa shape index (κ2) is 21.6. The van der Waals surface area contributed by atoms with Gasteiger partial charge in [-0.3, -0.25) is 19.7 Å². The number of carbonyl (C=O) groups excluding carboxylic acids is 3. The second-order valence-corrected chi connectivity index (χ2v) is 15.2. The highest BCUT2D eigenvalue weighted by Gasteiger charge is 2.51. The molecule has 0 spiro atoms. The molecule has 51 heavy (non-hydrogen) atoms. The molecule has 10 nitrogen and oxygen atoms in total. The van der Waals surface area contributed by atoms with E-state index in [-0.39, 0.29) is 48.6 Å². The number of nitro benzene ring substituents is 1. The number of unbranched alkanes of at least 4 members (excludes halogenated alkanes) is 8. The number of allylic oxidation sites excluding steroid dienone is 4. The molecule has 1 unspecified atom stereocenters. The molecular weight excluding hydrogens is 650 g/mol. The van der Waals surface area contributed by atoms with Crippen molar-refractivity contribution in [2.45, 2.75) is 129 Å². The van der Waals surface area contributed by atoms with Crippen LogP contribution in [0.3, 0.4) is 0 Å². The summed E-state index contributed by atoms with van der Waals surface area (Å²) in [6, 6.07) is 5.06. The Bertz CT molecular complexity index is 1270. The molecule has 1 atom stereocenters. The quantitative estimate of drug-likeness (QED) is 0.0196. The lowest BCUT2D eigenvalue weighted by Gasteiger charge is -2.56. The summed E-state index contributed by atoms with van der Waals surface area (Å²) in [5, 5.41) is 10.9. The first-order valence-electron chi connectivity index (χ1n) is 19.4. The number of non-ortho nitro benzene ring substituents is 1. The van der Waals surface area contributed by atoms with Gasteiger partial charge in [0.1, 0.15) is 25.6 Å². The lowest BCUT2D eigenvalue weighted by molar-refractivity contribution is -0.384. The molecule has 0 amide bonds. The number of hydrogen-bond acceptors (Lipinski definition) is 9. The monoisotopic (exact) mass is 709 g/mol. The maximum Gasteiger partial charge on any atom is 0.513 e. The van der Waals surface area contributed by atoms with Crippen molar-refractivity contribution in [2.24, 2.45) is 29.1 Å². The van der Waals surface area contributed by atoms with Crippen LogP contribution in [0.4, 0.5) is 10.5 Å². The smallest absolute Gasteiger partial charge is 0.465 e. The van der Waals surface area contributed by atoms with Gasteiger partial charge in [-0.1, -0.05) is 63.3 Å². The zero-order valence-electron chi connectivity index (χ0n) is 30.6. The standard InChI is InChI=1S/C41H59NO9/c1-2-3-4-5-6-7-8-9-10-11-12-13-14-15-16-17-38(43)48-29-35(31-50-40(45)51-37-20-18-36(19-21-37)42(46)47)30-49-39(44)28-41-25-32-22-33(26-41)24-34(23-32)27-41/h6-7,9-10,18-21,32-35H,2-5,8,11-17,22-31H2,1H3/b7-6-,10-9-. The number of benzene rings is 1. The number of nitro groups is 1. The van der Waals surface area contributed by atoms with Crippen LogP contribution in [0.2, 0.25) is 0 Å². The molecule has 4 saturated carbocycles. The summed E-state index contributed by atoms with van der Waals surface area (Å²) < 4.78 is 21.7. The Morgan fingerprint density at radius 1 is 0.765 bits per heavy atom. The largest absolute Gasteiger partial charge is 0.513 e. The van der Waals surface area contributed by atoms with Crippen molar-refractivity contribution in [3.63, 3.8) is 0 Å². The fourth-order valence-electron chi connectivity index (χ4n) is 8.53. The number of nitrogens with zero attached hydrogens (tertiary/aromatic N) is 1. The van der Waals surface area contributed by atoms with Crippen molar-refractivity contribution < 1.29 is 38.3 Å². The summed E-state index contributed by atoms with van der Waals surface area (Å²) in [6.45, 7) is 1.93. The van der Waals surface area contributed by atoms with Crippen LogP contribution in [-0.4, -0.2) is 42.8 Å². The van der Waals surface area contributed by atoms with Crippen molar-refractivity contribution in [3.05, 3.63) is 58.7 Å². The van der Waals surface area contributed by atoms with E-state index in [1.54, 1.807) is 0 Å². The lowest BCUT2D eigenvalue weighted by Crippen LogP contribution is -2.47. The van der Waals surface area contributed by atoms with Crippen LogP contribution in [0.25, 0.3) is 0 Å². The van der Waals surface area contributed by atoms with E-state index in [0.717, 1.165) is 82.0 Å². The van der Waals surface area contributed by atoms with E-state index in [1.165, 1.54) is 69.2 Å². The molecule has 10 heteroatoms. The Balaban J connectivity index is 1.14. The Kier molecular flexibility index (Phi) is 17.0. The summed E-state index contributed by atoms with van der Waals surface area (Å²) >= 11 is 0. The molecule has 1 aromatic rings. The van der Waals surface area contributed by atoms with Gasteiger partial charge in [-0.2, -0.15) is 0 Å². The van der Waals surface area contributed by atoms with Crippen molar-refractivity contribution in [1.82, 2.24) is 0 Å². The molecule has 5 rings (SSSR count). The van der Waals surface area contributed by atoms with Gasteiger partial charge in [0.25, 0.3) is 5.69 Å². The van der Waals surface area contributed by atoms with E-state index in [2.05, 4.69) is 31.2 Å². The molecule has 282 valence electrons. The first kappa shape index (κ1) is 40.1. The van der Waals surface area contributed by atoms with Crippen molar-refractivity contribution in [2.75, 3.05) is 19.8 Å². The molecule has 0 N–H and O–H groups in total. The third-order valence-electron chi connectivity index (χ3n) is 10.7. The third kappa shape index (κ3) is 14.8. The molecule has 1 aromatic carbocycles. The van der Waals surface area contributed by atoms with Crippen LogP contribution >= 0.6 is 0 Å². The zero-order valence-corrected chi connectivity index (χ0v) is 30.6. The summed E-state index contributed by atoms with van der Waals surface area (Å²) in [5.41, 5.74) is -0.0896. The fraction of sp³-hybridized carbons (Fsp3) is 0.683. The van der Waals surface area contributed by atoms with Gasteiger partial charge in [0, 0.05) is 18.6 Å². The van der Waals surface area contributed by atoms with Crippen molar-refractivity contribution in [1.29, 1.82) is 0 Å². The average Bonchev–Trinajstić information content (AvgIpc) is 3.09. The first-order chi connectivity index (χ1) is 24.7. The van der Waals surface area contributed by atoms with Gasteiger partial charge in [0.15, 0.2) is 0 Å². The van der Waals surface area contributed by atoms with Gasteiger partial charge in [0.2, 0.25) is 0 Å². The number of esters is 2. The van der Waals surface area contributed by atoms with Crippen LogP contribution in [0, 0.1) is 39.2 Å². The molecule has 0 aliphatic heterocycles. The summed E-state index contributed by atoms with van der Waals surface area (Å²) in [5.74, 6) is 1.12. The molecule has 4 aliphatic carbocycles. The Hall–Kier alpha value is -3.69. The van der Waals surface area contributed by atoms with E-state index in [1.807, 2.05) is 0 Å². The van der Waals surface area contributed by atoms with Crippen LogP contribution in [-0.2, 0) is 23.8 Å². The van der Waals surface area contributed by atoms with Crippen LogP contribution in [0.1, 0.15) is 129 Å². The van der Waals surface area contributed by atoms with Gasteiger partial charge in [0.05, 0.1) is 17.3 Å². The minimum Gasteiger partial charge on any atom is -0.465 e. The Labute approximate surface area is 303 Å². The lowest BCUT2D eigenvalue weighted by atomic mass is 9.49. The summed E-state index contributed by atoms with van der Waals surface area (Å²) in [6.07, 6.45) is 28.0. The normalized spacial score (nSPS) is 22.6. The minimum absolute atomic E-state index is 0.0421. The highest BCUT2D eigenvalue weighted by atomic mass is 16.7. The minimum atomic E-state index is -1.01. The van der Waals surface area contributed by atoms with Crippen LogP contribution in [0.5, 0.6) is 5.75 Å². The van der Waals surface area contributed by atoms with E-state index in [4.69, 9.17) is 18.9 Å². The topological polar surface area (TPSA) is 131 Å². The molecule has 0 radical (unpaired) electrons. The van der Waals surface area contributed by atoms with Crippen molar-refractivity contribution in [3.8, 4) is 5.75 Å². The SMILES string of the molecule is CCCCC/C=C\C/C=C\CCCCCCCC(=O)OCC(COC(=O)CC12CC3CC(CC(C3)C1)C2)COC(=O)Oc1ccc([N+](=O)[O-])cc1. The Morgan fingerprint density at radius 2 is 1.31 bits per heavy atom. The fourth-order valence-corrected chi connectivity index (χ4v) is 8.53. The van der Waals surface area contributed by atoms with Gasteiger partial charge in [-0.15, -0.1) is 0 Å². The number of rotatable bonds is 24. The van der Waals surface area contributed by atoms with Gasteiger partial charge >= 0.3 is 18.1 Å². The molecule has 4 fully saturated rings. The van der Waals surface area contributed by atoms with E-state index < -0.39 is 17.0 Å². The van der Waals surface area contributed by atoms with Gasteiger partial charge in [-0.25, -0.2) is 4.79 Å². The number of hydrogen-bond donors (Lipinski definition) is 0. The van der Waals surface area contributed by atoms with Gasteiger partial charge < -0.3 is 18.9 Å². The molecule has 0 aromatic heterocycles. The molecule has 4 aliphatic rings. The predicted molar refractivity (Wildman–Crippen MR) is 195 cm³/mol. The highest BCUT2D eigenvalue weighted by Crippen LogP contribution is 2.61. The maximum absolute atomic E-state index is 13.1. The third-order valence-corrected chi connectivity index (χ3v) is 10.7. The van der Waals surface area contributed by atoms with Crippen LogP contribution < -0.4 is 4.74 Å². The zero-order chi connectivity index (χ0) is 36.3. The van der Waals surface area contributed by atoms with Gasteiger partial charge in [-0.05, 0) is 112 Å². The van der Waals surface area contributed by atoms with E-state index in [0.29, 0.717) is 12.8 Å². The molecular formula is C41H59NO9. The maximum atomic E-state index is 13.1. The van der Waals surface area contributed by atoms with Crippen LogP contribution in [0.15, 0.2) is 48.6 Å². The molecule has 4 bridgehead atoms. The number of carbonyl (C=O) groups is 3. The first-order valence-corrected chi connectivity index (χ1v) is 19.4. The summed E-state index contributed by atoms with van der Waals surface area (Å²) in [4.78, 5) is 48.4. The molecule has 0 heterocycles. The van der Waals surface area contributed by atoms with E-state index in [9.17, 15) is 24.5 Å². The van der Waals surface area contributed by atoms with E-state index >= 15 is 0 Å². The Morgan fingerprint density at radius 3 is 1.92 bits per heavy atom.